The Kier molecular flexibility index (Phi) is 5.87. The third-order valence-corrected chi connectivity index (χ3v) is 4.56. The van der Waals surface area contributed by atoms with Crippen LogP contribution in [0.15, 0.2) is 78.9 Å². The summed E-state index contributed by atoms with van der Waals surface area (Å²) in [6, 6.07) is 22.8. The van der Waals surface area contributed by atoms with E-state index in [-0.39, 0.29) is 5.82 Å². The van der Waals surface area contributed by atoms with Crippen molar-refractivity contribution in [1.82, 2.24) is 0 Å². The van der Waals surface area contributed by atoms with Gasteiger partial charge >= 0.3 is 0 Å². The van der Waals surface area contributed by atoms with Gasteiger partial charge in [-0.1, -0.05) is 36.4 Å². The van der Waals surface area contributed by atoms with Gasteiger partial charge in [0.15, 0.2) is 0 Å². The largest absolute Gasteiger partial charge is 0.490 e. The topological polar surface area (TPSA) is 9.23 Å². The molecule has 3 aromatic rings. The molecule has 3 heteroatoms. The van der Waals surface area contributed by atoms with Gasteiger partial charge in [-0.3, -0.25) is 0 Å². The van der Waals surface area contributed by atoms with Gasteiger partial charge < -0.3 is 4.74 Å². The molecule has 0 saturated carbocycles. The fourth-order valence-corrected chi connectivity index (χ4v) is 2.95. The Bertz CT molecular complexity index is 820. The predicted octanol–water partition coefficient (Wildman–Crippen LogP) is 6.25. The minimum atomic E-state index is -0.235. The van der Waals surface area contributed by atoms with E-state index in [0.29, 0.717) is 6.61 Å². The highest BCUT2D eigenvalue weighted by molar-refractivity contribution is 14.1. The van der Waals surface area contributed by atoms with Crippen molar-refractivity contribution in [3.63, 3.8) is 0 Å². The lowest BCUT2D eigenvalue weighted by Gasteiger charge is -2.10. The summed E-state index contributed by atoms with van der Waals surface area (Å²) in [6.07, 6.45) is 2.04. The van der Waals surface area contributed by atoms with Crippen molar-refractivity contribution in [2.45, 2.75) is 6.92 Å². The van der Waals surface area contributed by atoms with Crippen LogP contribution in [-0.4, -0.2) is 6.61 Å². The molecule has 3 aromatic carbocycles. The number of hydrogen-bond acceptors (Lipinski definition) is 1. The van der Waals surface area contributed by atoms with E-state index >= 15 is 0 Å². The number of hydrogen-bond donors (Lipinski definition) is 0. The lowest BCUT2D eigenvalue weighted by atomic mass is 9.98. The third kappa shape index (κ3) is 4.92. The lowest BCUT2D eigenvalue weighted by molar-refractivity contribution is 0.363. The number of halogens is 2. The van der Waals surface area contributed by atoms with E-state index < -0.39 is 0 Å². The van der Waals surface area contributed by atoms with Crippen LogP contribution in [0, 0.1) is 16.3 Å². The molecule has 0 bridgehead atoms. The smallest absolute Gasteiger partial charge is 0.123 e. The second-order valence-corrected chi connectivity index (χ2v) is 7.00. The van der Waals surface area contributed by atoms with Gasteiger partial charge in [-0.05, 0) is 94.3 Å². The van der Waals surface area contributed by atoms with Gasteiger partial charge in [0.05, 0.1) is 0 Å². The van der Waals surface area contributed by atoms with E-state index in [1.54, 1.807) is 12.1 Å². The number of rotatable bonds is 5. The second kappa shape index (κ2) is 8.30. The van der Waals surface area contributed by atoms with Gasteiger partial charge in [0.1, 0.15) is 18.2 Å². The minimum absolute atomic E-state index is 0.235. The second-order valence-electron chi connectivity index (χ2n) is 5.76. The molecule has 0 aliphatic heterocycles. The summed E-state index contributed by atoms with van der Waals surface area (Å²) in [4.78, 5) is 0. The van der Waals surface area contributed by atoms with Crippen LogP contribution < -0.4 is 4.74 Å². The molecule has 0 aliphatic carbocycles. The maximum atomic E-state index is 13.3. The van der Waals surface area contributed by atoms with Crippen molar-refractivity contribution >= 4 is 28.2 Å². The SMILES string of the molecule is Cc1cccc(OCC=C(c2ccc(F)cc2)c2ccc(I)cc2)c1. The number of ether oxygens (including phenoxy) is 1. The first-order valence-corrected chi connectivity index (χ1v) is 9.11. The van der Waals surface area contributed by atoms with Crippen LogP contribution in [0.5, 0.6) is 5.75 Å². The predicted molar refractivity (Wildman–Crippen MR) is 109 cm³/mol. The summed E-state index contributed by atoms with van der Waals surface area (Å²) in [5, 5.41) is 0. The van der Waals surface area contributed by atoms with Crippen molar-refractivity contribution < 1.29 is 9.13 Å². The number of aryl methyl sites for hydroxylation is 1. The van der Waals surface area contributed by atoms with Crippen LogP contribution in [0.1, 0.15) is 16.7 Å². The quantitative estimate of drug-likeness (QED) is 0.423. The van der Waals surface area contributed by atoms with Crippen molar-refractivity contribution in [1.29, 1.82) is 0 Å². The fourth-order valence-electron chi connectivity index (χ4n) is 2.59. The van der Waals surface area contributed by atoms with Gasteiger partial charge in [0.2, 0.25) is 0 Å². The highest BCUT2D eigenvalue weighted by Crippen LogP contribution is 2.25. The summed E-state index contributed by atoms with van der Waals surface area (Å²) in [7, 11) is 0. The maximum Gasteiger partial charge on any atom is 0.123 e. The van der Waals surface area contributed by atoms with Crippen molar-refractivity contribution in [2.24, 2.45) is 0 Å². The molecule has 0 N–H and O–H groups in total. The van der Waals surface area contributed by atoms with Crippen LogP contribution in [0.25, 0.3) is 5.57 Å². The zero-order valence-electron chi connectivity index (χ0n) is 13.9. The molecule has 0 saturated heterocycles. The Morgan fingerprint density at radius 3 is 2.24 bits per heavy atom. The average molecular weight is 444 g/mol. The standard InChI is InChI=1S/C22H18FIO/c1-16-3-2-4-21(15-16)25-14-13-22(17-5-9-19(23)10-6-17)18-7-11-20(24)12-8-18/h2-13,15H,14H2,1H3. The molecule has 1 nitrogen and oxygen atoms in total. The molecule has 25 heavy (non-hydrogen) atoms. The molecular weight excluding hydrogens is 426 g/mol. The maximum absolute atomic E-state index is 13.3. The Labute approximate surface area is 161 Å². The fraction of sp³-hybridized carbons (Fsp3) is 0.0909. The van der Waals surface area contributed by atoms with E-state index in [4.69, 9.17) is 4.74 Å². The monoisotopic (exact) mass is 444 g/mol. The van der Waals surface area contributed by atoms with Crippen LogP contribution in [0.3, 0.4) is 0 Å². The van der Waals surface area contributed by atoms with Gasteiger partial charge in [0, 0.05) is 3.57 Å². The normalized spacial score (nSPS) is 11.4. The Hall–Kier alpha value is -2.14. The molecule has 0 aliphatic rings. The molecular formula is C22H18FIO. The van der Waals surface area contributed by atoms with E-state index in [9.17, 15) is 4.39 Å². The van der Waals surface area contributed by atoms with Crippen LogP contribution >= 0.6 is 22.6 Å². The Morgan fingerprint density at radius 1 is 0.960 bits per heavy atom. The number of benzene rings is 3. The summed E-state index contributed by atoms with van der Waals surface area (Å²) < 4.78 is 20.3. The highest BCUT2D eigenvalue weighted by atomic mass is 127. The third-order valence-electron chi connectivity index (χ3n) is 3.84. The van der Waals surface area contributed by atoms with Crippen LogP contribution in [-0.2, 0) is 0 Å². The van der Waals surface area contributed by atoms with Crippen LogP contribution in [0.4, 0.5) is 4.39 Å². The summed E-state index contributed by atoms with van der Waals surface area (Å²) in [5.41, 5.74) is 4.25. The summed E-state index contributed by atoms with van der Waals surface area (Å²) >= 11 is 2.28. The molecule has 126 valence electrons. The molecule has 0 spiro atoms. The first-order chi connectivity index (χ1) is 12.1. The molecule has 0 aromatic heterocycles. The van der Waals surface area contributed by atoms with Gasteiger partial charge in [-0.2, -0.15) is 0 Å². The Balaban J connectivity index is 1.87. The van der Waals surface area contributed by atoms with E-state index in [0.717, 1.165) is 28.0 Å². The minimum Gasteiger partial charge on any atom is -0.490 e. The van der Waals surface area contributed by atoms with Crippen LogP contribution in [0.2, 0.25) is 0 Å². The molecule has 0 atom stereocenters. The van der Waals surface area contributed by atoms with Gasteiger partial charge in [0.25, 0.3) is 0 Å². The molecule has 0 radical (unpaired) electrons. The van der Waals surface area contributed by atoms with Crippen molar-refractivity contribution in [2.75, 3.05) is 6.61 Å². The zero-order chi connectivity index (χ0) is 17.6. The van der Waals surface area contributed by atoms with Crippen molar-refractivity contribution in [3.8, 4) is 5.75 Å². The molecule has 0 unspecified atom stereocenters. The summed E-state index contributed by atoms with van der Waals surface area (Å²) in [5.74, 6) is 0.610. The van der Waals surface area contributed by atoms with Gasteiger partial charge in [-0.25, -0.2) is 4.39 Å². The molecule has 3 rings (SSSR count). The van der Waals surface area contributed by atoms with Crippen molar-refractivity contribution in [3.05, 3.63) is 105 Å². The first-order valence-electron chi connectivity index (χ1n) is 8.03. The zero-order valence-corrected chi connectivity index (χ0v) is 16.0. The lowest BCUT2D eigenvalue weighted by Crippen LogP contribution is -1.97. The van der Waals surface area contributed by atoms with E-state index in [1.165, 1.54) is 15.7 Å². The van der Waals surface area contributed by atoms with E-state index in [1.807, 2.05) is 37.3 Å². The average Bonchev–Trinajstić information content (AvgIpc) is 2.61. The summed E-state index contributed by atoms with van der Waals surface area (Å²) in [6.45, 7) is 2.49. The molecule has 0 heterocycles. The van der Waals surface area contributed by atoms with E-state index in [2.05, 4.69) is 46.9 Å². The molecule has 0 fully saturated rings. The first kappa shape index (κ1) is 17.7. The highest BCUT2D eigenvalue weighted by Gasteiger charge is 2.06. The molecule has 0 amide bonds. The Morgan fingerprint density at radius 2 is 1.60 bits per heavy atom. The van der Waals surface area contributed by atoms with Gasteiger partial charge in [-0.15, -0.1) is 0 Å².